The van der Waals surface area contributed by atoms with E-state index in [0.717, 1.165) is 16.9 Å². The summed E-state index contributed by atoms with van der Waals surface area (Å²) in [6, 6.07) is 0. The van der Waals surface area contributed by atoms with E-state index in [4.69, 9.17) is 11.6 Å². The number of nitrogens with one attached hydrogen (secondary N) is 1. The lowest BCUT2D eigenvalue weighted by Gasteiger charge is -2.02. The molecule has 6 heteroatoms. The Labute approximate surface area is 86.1 Å². The number of alkyl halides is 1. The van der Waals surface area contributed by atoms with Crippen LogP contribution < -0.4 is 5.32 Å². The van der Waals surface area contributed by atoms with Crippen molar-refractivity contribution in [3.05, 3.63) is 12.5 Å². The summed E-state index contributed by atoms with van der Waals surface area (Å²) < 4.78 is 1.71. The van der Waals surface area contributed by atoms with Gasteiger partial charge in [-0.3, -0.25) is 4.68 Å². The Kier molecular flexibility index (Phi) is 2.49. The molecule has 0 radical (unpaired) electrons. The van der Waals surface area contributed by atoms with Crippen LogP contribution in [0.1, 0.15) is 0 Å². The molecule has 0 saturated carbocycles. The highest BCUT2D eigenvalue weighted by Gasteiger charge is 2.06. The minimum atomic E-state index is 0.547. The number of nitrogens with zero attached hydrogens (tertiary/aromatic N) is 4. The van der Waals surface area contributed by atoms with E-state index < -0.39 is 0 Å². The van der Waals surface area contributed by atoms with Crippen LogP contribution in [-0.4, -0.2) is 32.2 Å². The molecular formula is C8H10ClN5. The van der Waals surface area contributed by atoms with Crippen molar-refractivity contribution in [2.45, 2.75) is 0 Å². The first kappa shape index (κ1) is 9.21. The highest BCUT2D eigenvalue weighted by Crippen LogP contribution is 2.17. The van der Waals surface area contributed by atoms with E-state index >= 15 is 0 Å². The van der Waals surface area contributed by atoms with E-state index in [2.05, 4.69) is 20.4 Å². The van der Waals surface area contributed by atoms with Gasteiger partial charge in [0, 0.05) is 19.5 Å². The van der Waals surface area contributed by atoms with Gasteiger partial charge in [-0.15, -0.1) is 11.6 Å². The maximum absolute atomic E-state index is 5.58. The second kappa shape index (κ2) is 3.79. The van der Waals surface area contributed by atoms with Gasteiger partial charge in [0.2, 0.25) is 0 Å². The fraction of sp³-hybridized carbons (Fsp3) is 0.375. The summed E-state index contributed by atoms with van der Waals surface area (Å²) in [6.07, 6.45) is 3.26. The lowest BCUT2D eigenvalue weighted by Crippen LogP contribution is -2.05. The topological polar surface area (TPSA) is 55.6 Å². The van der Waals surface area contributed by atoms with Gasteiger partial charge in [-0.25, -0.2) is 9.97 Å². The molecule has 5 nitrogen and oxygen atoms in total. The molecule has 0 fully saturated rings. The molecule has 14 heavy (non-hydrogen) atoms. The first-order valence-corrected chi connectivity index (χ1v) is 4.79. The molecule has 0 aliphatic heterocycles. The molecule has 0 atom stereocenters. The quantitative estimate of drug-likeness (QED) is 0.771. The van der Waals surface area contributed by atoms with Gasteiger partial charge in [-0.2, -0.15) is 5.10 Å². The number of rotatable bonds is 3. The van der Waals surface area contributed by atoms with E-state index in [1.165, 1.54) is 6.33 Å². The summed E-state index contributed by atoms with van der Waals surface area (Å²) in [4.78, 5) is 8.25. The van der Waals surface area contributed by atoms with Crippen molar-refractivity contribution in [3.63, 3.8) is 0 Å². The standard InChI is InChI=1S/C8H10ClN5/c1-14-8-6(4-13-14)7(10-3-2-9)11-5-12-8/h4-5H,2-3H2,1H3,(H,10,11,12). The van der Waals surface area contributed by atoms with Gasteiger partial charge in [0.05, 0.1) is 11.6 Å². The molecule has 2 aromatic heterocycles. The second-order valence-corrected chi connectivity index (χ2v) is 3.22. The maximum Gasteiger partial charge on any atom is 0.163 e. The third kappa shape index (κ3) is 1.50. The van der Waals surface area contributed by atoms with Crippen molar-refractivity contribution >= 4 is 28.5 Å². The predicted molar refractivity (Wildman–Crippen MR) is 55.5 cm³/mol. The largest absolute Gasteiger partial charge is 0.368 e. The molecule has 0 saturated heterocycles. The zero-order chi connectivity index (χ0) is 9.97. The lowest BCUT2D eigenvalue weighted by atomic mass is 10.4. The Balaban J connectivity index is 2.44. The third-order valence-corrected chi connectivity index (χ3v) is 2.11. The molecule has 0 aliphatic carbocycles. The minimum Gasteiger partial charge on any atom is -0.368 e. The maximum atomic E-state index is 5.58. The first-order valence-electron chi connectivity index (χ1n) is 4.25. The van der Waals surface area contributed by atoms with Crippen LogP contribution in [0.25, 0.3) is 11.0 Å². The Morgan fingerprint density at radius 1 is 1.50 bits per heavy atom. The average Bonchev–Trinajstić information content (AvgIpc) is 2.58. The van der Waals surface area contributed by atoms with Gasteiger partial charge in [0.1, 0.15) is 12.1 Å². The fourth-order valence-corrected chi connectivity index (χ4v) is 1.36. The van der Waals surface area contributed by atoms with Gasteiger partial charge < -0.3 is 5.32 Å². The molecule has 0 spiro atoms. The molecule has 2 aromatic rings. The lowest BCUT2D eigenvalue weighted by molar-refractivity contribution is 0.785. The summed E-state index contributed by atoms with van der Waals surface area (Å²) in [5.41, 5.74) is 0.817. The van der Waals surface area contributed by atoms with Crippen LogP contribution in [0.4, 0.5) is 5.82 Å². The van der Waals surface area contributed by atoms with Crippen LogP contribution >= 0.6 is 11.6 Å². The predicted octanol–water partition coefficient (Wildman–Crippen LogP) is 1.01. The van der Waals surface area contributed by atoms with Crippen LogP contribution in [0.2, 0.25) is 0 Å². The van der Waals surface area contributed by atoms with E-state index in [1.54, 1.807) is 10.9 Å². The second-order valence-electron chi connectivity index (χ2n) is 2.84. The normalized spacial score (nSPS) is 10.7. The minimum absolute atomic E-state index is 0.547. The van der Waals surface area contributed by atoms with Crippen molar-refractivity contribution in [1.82, 2.24) is 19.7 Å². The van der Waals surface area contributed by atoms with Gasteiger partial charge in [-0.1, -0.05) is 0 Å². The summed E-state index contributed by atoms with van der Waals surface area (Å²) in [5.74, 6) is 1.33. The molecule has 0 amide bonds. The Morgan fingerprint density at radius 2 is 2.36 bits per heavy atom. The highest BCUT2D eigenvalue weighted by atomic mass is 35.5. The molecular weight excluding hydrogens is 202 g/mol. The summed E-state index contributed by atoms with van der Waals surface area (Å²) in [6.45, 7) is 0.683. The molecule has 0 aromatic carbocycles. The number of anilines is 1. The highest BCUT2D eigenvalue weighted by molar-refractivity contribution is 6.18. The Morgan fingerprint density at radius 3 is 3.14 bits per heavy atom. The number of fused-ring (bicyclic) bond motifs is 1. The zero-order valence-corrected chi connectivity index (χ0v) is 8.49. The van der Waals surface area contributed by atoms with Crippen molar-refractivity contribution in [3.8, 4) is 0 Å². The van der Waals surface area contributed by atoms with E-state index in [0.29, 0.717) is 12.4 Å². The zero-order valence-electron chi connectivity index (χ0n) is 7.74. The molecule has 0 bridgehead atoms. The smallest absolute Gasteiger partial charge is 0.163 e. The number of aryl methyl sites for hydroxylation is 1. The van der Waals surface area contributed by atoms with Crippen molar-refractivity contribution in [1.29, 1.82) is 0 Å². The SMILES string of the molecule is Cn1ncc2c(NCCCl)ncnc21. The number of aromatic nitrogens is 4. The molecule has 2 heterocycles. The van der Waals surface area contributed by atoms with Crippen LogP contribution in [0, 0.1) is 0 Å². The van der Waals surface area contributed by atoms with Gasteiger partial charge in [-0.05, 0) is 0 Å². The summed E-state index contributed by atoms with van der Waals surface area (Å²) in [7, 11) is 1.85. The van der Waals surface area contributed by atoms with Crippen molar-refractivity contribution in [2.75, 3.05) is 17.7 Å². The van der Waals surface area contributed by atoms with Crippen molar-refractivity contribution in [2.24, 2.45) is 7.05 Å². The van der Waals surface area contributed by atoms with Crippen molar-refractivity contribution < 1.29 is 0 Å². The first-order chi connectivity index (χ1) is 6.83. The Hall–Kier alpha value is -1.36. The van der Waals surface area contributed by atoms with Gasteiger partial charge in [0.25, 0.3) is 0 Å². The number of hydrogen-bond acceptors (Lipinski definition) is 4. The molecule has 0 aliphatic rings. The van der Waals surface area contributed by atoms with Crippen LogP contribution in [-0.2, 0) is 7.05 Å². The van der Waals surface area contributed by atoms with Gasteiger partial charge in [0.15, 0.2) is 5.65 Å². The molecule has 2 rings (SSSR count). The summed E-state index contributed by atoms with van der Waals surface area (Å²) in [5, 5.41) is 8.14. The monoisotopic (exact) mass is 211 g/mol. The van der Waals surface area contributed by atoms with Crippen LogP contribution in [0.5, 0.6) is 0 Å². The molecule has 74 valence electrons. The fourth-order valence-electron chi connectivity index (χ4n) is 1.27. The van der Waals surface area contributed by atoms with Crippen LogP contribution in [0.3, 0.4) is 0 Å². The third-order valence-electron chi connectivity index (χ3n) is 1.92. The molecule has 1 N–H and O–H groups in total. The van der Waals surface area contributed by atoms with E-state index in [-0.39, 0.29) is 0 Å². The van der Waals surface area contributed by atoms with Crippen LogP contribution in [0.15, 0.2) is 12.5 Å². The Bertz CT molecular complexity index is 438. The average molecular weight is 212 g/mol. The molecule has 0 unspecified atom stereocenters. The van der Waals surface area contributed by atoms with E-state index in [9.17, 15) is 0 Å². The number of halogens is 1. The van der Waals surface area contributed by atoms with Gasteiger partial charge >= 0.3 is 0 Å². The summed E-state index contributed by atoms with van der Waals surface area (Å²) >= 11 is 5.58. The number of hydrogen-bond donors (Lipinski definition) is 1. The van der Waals surface area contributed by atoms with E-state index in [1.807, 2.05) is 7.05 Å².